The van der Waals surface area contributed by atoms with E-state index in [-0.39, 0.29) is 29.5 Å². The lowest BCUT2D eigenvalue weighted by atomic mass is 9.80. The maximum Gasteiger partial charge on any atom is 0.269 e. The number of anilines is 2. The third kappa shape index (κ3) is 6.49. The highest BCUT2D eigenvalue weighted by Gasteiger charge is 2.38. The van der Waals surface area contributed by atoms with Crippen molar-refractivity contribution < 1.29 is 19.3 Å². The Hall–Kier alpha value is -5.25. The van der Waals surface area contributed by atoms with Crippen LogP contribution >= 0.6 is 0 Å². The van der Waals surface area contributed by atoms with Gasteiger partial charge in [-0.2, -0.15) is 0 Å². The van der Waals surface area contributed by atoms with Crippen LogP contribution in [0.3, 0.4) is 0 Å². The summed E-state index contributed by atoms with van der Waals surface area (Å²) in [4.78, 5) is 59.3. The molecule has 0 bridgehead atoms. The van der Waals surface area contributed by atoms with E-state index in [9.17, 15) is 24.5 Å². The average molecular weight is 510 g/mol. The Morgan fingerprint density at radius 2 is 1.26 bits per heavy atom. The van der Waals surface area contributed by atoms with Crippen molar-refractivity contribution in [3.63, 3.8) is 0 Å². The number of nitrogens with one attached hydrogen (secondary N) is 2. The van der Waals surface area contributed by atoms with Crippen LogP contribution in [0.15, 0.2) is 103 Å². The van der Waals surface area contributed by atoms with Gasteiger partial charge in [-0.3, -0.25) is 24.5 Å². The minimum absolute atomic E-state index is 0.158. The molecule has 38 heavy (non-hydrogen) atoms. The molecule has 0 fully saturated rings. The molecule has 10 heteroatoms. The highest BCUT2D eigenvalue weighted by atomic mass is 16.6. The summed E-state index contributed by atoms with van der Waals surface area (Å²) in [6.07, 6.45) is 2.77. The summed E-state index contributed by atoms with van der Waals surface area (Å²) in [7, 11) is 0. The smallest absolute Gasteiger partial charge is 0.269 e. The van der Waals surface area contributed by atoms with Crippen LogP contribution in [0.25, 0.3) is 0 Å². The predicted octanol–water partition coefficient (Wildman–Crippen LogP) is 4.64. The third-order valence-corrected chi connectivity index (χ3v) is 5.83. The van der Waals surface area contributed by atoms with Crippen molar-refractivity contribution in [3.05, 3.63) is 125 Å². The molecule has 0 aliphatic carbocycles. The second kappa shape index (κ2) is 12.1. The molecule has 0 aliphatic rings. The number of carbonyl (C=O) groups is 3. The second-order valence-electron chi connectivity index (χ2n) is 8.33. The number of aromatic nitrogens is 2. The van der Waals surface area contributed by atoms with Crippen LogP contribution in [0, 0.1) is 16.0 Å². The van der Waals surface area contributed by atoms with Gasteiger partial charge >= 0.3 is 0 Å². The lowest BCUT2D eigenvalue weighted by molar-refractivity contribution is -0.384. The summed E-state index contributed by atoms with van der Waals surface area (Å²) in [6.45, 7) is 0. The Morgan fingerprint density at radius 1 is 0.737 bits per heavy atom. The lowest BCUT2D eigenvalue weighted by Crippen LogP contribution is -2.39. The normalized spacial score (nSPS) is 11.4. The Balaban J connectivity index is 1.75. The summed E-state index contributed by atoms with van der Waals surface area (Å²) >= 11 is 0. The number of nitro groups is 1. The van der Waals surface area contributed by atoms with Gasteiger partial charge in [-0.1, -0.05) is 54.6 Å². The number of non-ortho nitro benzene ring substituents is 1. The zero-order valence-electron chi connectivity index (χ0n) is 20.1. The number of ketones is 1. The van der Waals surface area contributed by atoms with E-state index in [4.69, 9.17) is 0 Å². The minimum atomic E-state index is -1.41. The Morgan fingerprint density at radius 3 is 1.74 bits per heavy atom. The van der Waals surface area contributed by atoms with E-state index >= 15 is 0 Å². The number of nitrogens with zero attached hydrogens (tertiary/aromatic N) is 3. The van der Waals surface area contributed by atoms with Gasteiger partial charge < -0.3 is 10.6 Å². The molecule has 0 saturated carbocycles. The summed E-state index contributed by atoms with van der Waals surface area (Å²) in [5, 5.41) is 16.5. The Bertz CT molecular complexity index is 1360. The van der Waals surface area contributed by atoms with Gasteiger partial charge in [0.25, 0.3) is 5.69 Å². The zero-order chi connectivity index (χ0) is 26.9. The van der Waals surface area contributed by atoms with Gasteiger partial charge in [0.05, 0.1) is 4.92 Å². The van der Waals surface area contributed by atoms with Crippen LogP contribution in [0.2, 0.25) is 0 Å². The Labute approximate surface area is 217 Å². The van der Waals surface area contributed by atoms with E-state index in [1.165, 1.54) is 36.7 Å². The summed E-state index contributed by atoms with van der Waals surface area (Å²) < 4.78 is 0. The van der Waals surface area contributed by atoms with Crippen LogP contribution in [0.5, 0.6) is 0 Å². The topological polar surface area (TPSA) is 144 Å². The average Bonchev–Trinajstić information content (AvgIpc) is 2.94. The van der Waals surface area contributed by atoms with Crippen LogP contribution in [-0.4, -0.2) is 32.5 Å². The third-order valence-electron chi connectivity index (χ3n) is 5.83. The van der Waals surface area contributed by atoms with Crippen molar-refractivity contribution in [2.75, 3.05) is 10.6 Å². The van der Waals surface area contributed by atoms with E-state index in [1.54, 1.807) is 66.7 Å². The van der Waals surface area contributed by atoms with E-state index in [1.807, 2.05) is 0 Å². The summed E-state index contributed by atoms with van der Waals surface area (Å²) in [5.41, 5.74) is 0.667. The van der Waals surface area contributed by atoms with Crippen molar-refractivity contribution in [1.82, 2.24) is 9.97 Å². The largest absolute Gasteiger partial charge is 0.310 e. The number of amides is 2. The fourth-order valence-corrected chi connectivity index (χ4v) is 3.98. The molecule has 0 radical (unpaired) electrons. The molecule has 4 rings (SSSR count). The molecule has 190 valence electrons. The first kappa shape index (κ1) is 25.8. The second-order valence-corrected chi connectivity index (χ2v) is 8.33. The van der Waals surface area contributed by atoms with Crippen LogP contribution in [0.4, 0.5) is 17.3 Å². The van der Waals surface area contributed by atoms with E-state index in [2.05, 4.69) is 20.6 Å². The molecule has 2 aromatic carbocycles. The monoisotopic (exact) mass is 509 g/mol. The van der Waals surface area contributed by atoms with Gasteiger partial charge in [0.2, 0.25) is 11.8 Å². The van der Waals surface area contributed by atoms with E-state index in [0.717, 1.165) is 0 Å². The quantitative estimate of drug-likeness (QED) is 0.137. The number of nitro benzene ring substituents is 1. The van der Waals surface area contributed by atoms with E-state index < -0.39 is 28.6 Å². The minimum Gasteiger partial charge on any atom is -0.310 e. The van der Waals surface area contributed by atoms with Gasteiger partial charge in [0.1, 0.15) is 17.6 Å². The number of pyridine rings is 2. The number of rotatable bonds is 10. The predicted molar refractivity (Wildman–Crippen MR) is 140 cm³/mol. The number of hydrogen-bond acceptors (Lipinski definition) is 7. The highest BCUT2D eigenvalue weighted by Crippen LogP contribution is 2.33. The van der Waals surface area contributed by atoms with Gasteiger partial charge in [-0.05, 0) is 29.8 Å². The van der Waals surface area contributed by atoms with Crippen LogP contribution < -0.4 is 10.6 Å². The summed E-state index contributed by atoms with van der Waals surface area (Å²) in [6, 6.07) is 23.8. The molecule has 0 saturated heterocycles. The fourth-order valence-electron chi connectivity index (χ4n) is 3.98. The molecule has 1 unspecified atom stereocenters. The fraction of sp³-hybridized carbons (Fsp3) is 0.107. The molecule has 2 N–H and O–H groups in total. The molecule has 0 aliphatic heterocycles. The number of benzene rings is 2. The van der Waals surface area contributed by atoms with Crippen LogP contribution in [-0.2, 0) is 9.59 Å². The first-order valence-electron chi connectivity index (χ1n) is 11.7. The maximum absolute atomic E-state index is 13.6. The van der Waals surface area contributed by atoms with E-state index in [0.29, 0.717) is 11.1 Å². The van der Waals surface area contributed by atoms with Gasteiger partial charge in [0.15, 0.2) is 5.78 Å². The van der Waals surface area contributed by atoms with Crippen molar-refractivity contribution in [3.8, 4) is 0 Å². The molecule has 2 heterocycles. The van der Waals surface area contributed by atoms with Gasteiger partial charge in [-0.25, -0.2) is 9.97 Å². The highest BCUT2D eigenvalue weighted by molar-refractivity contribution is 6.11. The molecule has 0 spiro atoms. The molecule has 2 aromatic heterocycles. The molecule has 4 aromatic rings. The van der Waals surface area contributed by atoms with Crippen molar-refractivity contribution in [1.29, 1.82) is 0 Å². The van der Waals surface area contributed by atoms with Crippen molar-refractivity contribution in [2.45, 2.75) is 12.3 Å². The number of Topliss-reactive ketones (excluding diaryl/α,β-unsaturated/α-hetero) is 1. The zero-order valence-corrected chi connectivity index (χ0v) is 20.1. The number of carbonyl (C=O) groups excluding carboxylic acids is 3. The molecular weight excluding hydrogens is 486 g/mol. The molecule has 2 amide bonds. The first-order valence-corrected chi connectivity index (χ1v) is 11.7. The number of hydrogen-bond donors (Lipinski definition) is 2. The Kier molecular flexibility index (Phi) is 8.25. The van der Waals surface area contributed by atoms with Crippen molar-refractivity contribution >= 4 is 34.9 Å². The summed E-state index contributed by atoms with van der Waals surface area (Å²) in [5.74, 6) is -3.60. The van der Waals surface area contributed by atoms with Gasteiger partial charge in [0, 0.05) is 42.4 Å². The molecule has 1 atom stereocenters. The van der Waals surface area contributed by atoms with Gasteiger partial charge in [-0.15, -0.1) is 0 Å². The lowest BCUT2D eigenvalue weighted by Gasteiger charge is -2.25. The van der Waals surface area contributed by atoms with Crippen LogP contribution in [0.1, 0.15) is 28.3 Å². The maximum atomic E-state index is 13.6. The SMILES string of the molecule is O=C(CC(c1ccc([N+](=O)[O-])cc1)C(C(=O)Nc1ccccn1)C(=O)Nc1ccccn1)c1ccccc1. The first-order chi connectivity index (χ1) is 18.4. The molecular formula is C28H23N5O5. The van der Waals surface area contributed by atoms with Crippen molar-refractivity contribution in [2.24, 2.45) is 5.92 Å². The standard InChI is InChI=1S/C28H23N5O5/c34-23(20-8-2-1-3-9-20)18-22(19-12-14-21(15-13-19)33(37)38)26(27(35)31-24-10-4-6-16-29-24)28(36)32-25-11-5-7-17-30-25/h1-17,22,26H,18H2,(H,29,31,35)(H,30,32,36). The molecule has 10 nitrogen and oxygen atoms in total.